The molecule has 1 atom stereocenters. The molecule has 2 aromatic rings. The maximum Gasteiger partial charge on any atom is 0.129 e. The van der Waals surface area contributed by atoms with Gasteiger partial charge in [-0.2, -0.15) is 0 Å². The first-order valence-electron chi connectivity index (χ1n) is 7.46. The van der Waals surface area contributed by atoms with Gasteiger partial charge < -0.3 is 10.1 Å². The Morgan fingerprint density at radius 2 is 1.59 bits per heavy atom. The van der Waals surface area contributed by atoms with Crippen LogP contribution in [0.25, 0.3) is 0 Å². The molecule has 0 radical (unpaired) electrons. The Morgan fingerprint density at radius 1 is 0.955 bits per heavy atom. The number of anilines is 1. The topological polar surface area (TPSA) is 21.3 Å². The van der Waals surface area contributed by atoms with Crippen molar-refractivity contribution in [2.45, 2.75) is 25.7 Å². The largest absolute Gasteiger partial charge is 0.497 e. The molecule has 22 heavy (non-hydrogen) atoms. The summed E-state index contributed by atoms with van der Waals surface area (Å²) in [6, 6.07) is 18.3. The number of hydrogen-bond acceptors (Lipinski definition) is 2. The first kappa shape index (κ1) is 16.2. The molecule has 0 aliphatic rings. The van der Waals surface area contributed by atoms with Crippen LogP contribution in [0.3, 0.4) is 0 Å². The summed E-state index contributed by atoms with van der Waals surface area (Å²) in [5.74, 6) is 4.28. The predicted molar refractivity (Wildman–Crippen MR) is 96.9 cm³/mol. The Hall–Kier alpha value is -2.18. The van der Waals surface area contributed by atoms with Crippen molar-refractivity contribution in [2.75, 3.05) is 12.4 Å². The highest BCUT2D eigenvalue weighted by atomic mass is 28.3. The van der Waals surface area contributed by atoms with Gasteiger partial charge in [-0.25, -0.2) is 0 Å². The molecule has 2 nitrogen and oxygen atoms in total. The second kappa shape index (κ2) is 7.19. The van der Waals surface area contributed by atoms with Gasteiger partial charge in [0, 0.05) is 5.69 Å². The van der Waals surface area contributed by atoms with E-state index < -0.39 is 8.07 Å². The van der Waals surface area contributed by atoms with Crippen LogP contribution < -0.4 is 10.1 Å². The van der Waals surface area contributed by atoms with Gasteiger partial charge >= 0.3 is 0 Å². The quantitative estimate of drug-likeness (QED) is 0.651. The Morgan fingerprint density at radius 3 is 2.14 bits per heavy atom. The molecule has 2 aromatic carbocycles. The van der Waals surface area contributed by atoms with E-state index in [9.17, 15) is 0 Å². The Labute approximate surface area is 134 Å². The molecule has 1 N–H and O–H groups in total. The second-order valence-electron chi connectivity index (χ2n) is 6.24. The Kier molecular flexibility index (Phi) is 5.29. The summed E-state index contributed by atoms with van der Waals surface area (Å²) < 4.78 is 5.20. The van der Waals surface area contributed by atoms with Crippen molar-refractivity contribution in [3.8, 4) is 17.2 Å². The smallest absolute Gasteiger partial charge is 0.129 e. The summed E-state index contributed by atoms with van der Waals surface area (Å²) in [6.45, 7) is 6.78. The van der Waals surface area contributed by atoms with Gasteiger partial charge in [0.05, 0.1) is 7.11 Å². The molecule has 0 spiro atoms. The van der Waals surface area contributed by atoms with E-state index in [1.54, 1.807) is 7.11 Å². The van der Waals surface area contributed by atoms with Crippen molar-refractivity contribution in [3.05, 3.63) is 60.2 Å². The fourth-order valence-electron chi connectivity index (χ4n) is 1.99. The third kappa shape index (κ3) is 4.98. The van der Waals surface area contributed by atoms with Gasteiger partial charge in [-0.15, -0.1) is 5.54 Å². The maximum atomic E-state index is 5.20. The van der Waals surface area contributed by atoms with Crippen molar-refractivity contribution in [1.29, 1.82) is 0 Å². The van der Waals surface area contributed by atoms with Crippen LogP contribution in [0.4, 0.5) is 5.69 Å². The van der Waals surface area contributed by atoms with Crippen LogP contribution in [0.2, 0.25) is 19.6 Å². The highest BCUT2D eigenvalue weighted by Crippen LogP contribution is 2.21. The van der Waals surface area contributed by atoms with Gasteiger partial charge in [0.15, 0.2) is 0 Å². The standard InChI is InChI=1S/C19H23NOSi/c1-21-18-12-10-17(11-13-18)20-19(14-15-22(2,3)4)16-8-6-5-7-9-16/h5-13,19-20H,1-4H3. The summed E-state index contributed by atoms with van der Waals surface area (Å²) >= 11 is 0. The molecular formula is C19H23NOSi. The number of hydrogen-bond donors (Lipinski definition) is 1. The third-order valence-corrected chi connectivity index (χ3v) is 4.02. The van der Waals surface area contributed by atoms with Gasteiger partial charge in [0.1, 0.15) is 19.9 Å². The highest BCUT2D eigenvalue weighted by Gasteiger charge is 2.11. The molecule has 0 saturated heterocycles. The van der Waals surface area contributed by atoms with E-state index in [2.05, 4.69) is 48.6 Å². The van der Waals surface area contributed by atoms with E-state index in [0.717, 1.165) is 11.4 Å². The van der Waals surface area contributed by atoms with Crippen LogP contribution in [0.1, 0.15) is 11.6 Å². The molecule has 0 aliphatic carbocycles. The van der Waals surface area contributed by atoms with Crippen molar-refractivity contribution >= 4 is 13.8 Å². The molecule has 3 heteroatoms. The van der Waals surface area contributed by atoms with Crippen molar-refractivity contribution in [1.82, 2.24) is 0 Å². The minimum Gasteiger partial charge on any atom is -0.497 e. The molecule has 0 fully saturated rings. The van der Waals surface area contributed by atoms with Gasteiger partial charge in [0.25, 0.3) is 0 Å². The van der Waals surface area contributed by atoms with E-state index in [1.165, 1.54) is 5.56 Å². The zero-order chi connectivity index (χ0) is 16.0. The fourth-order valence-corrected chi connectivity index (χ4v) is 2.57. The fraction of sp³-hybridized carbons (Fsp3) is 0.263. The average molecular weight is 309 g/mol. The Bertz CT molecular complexity index is 648. The summed E-state index contributed by atoms with van der Waals surface area (Å²) in [5.41, 5.74) is 5.69. The van der Waals surface area contributed by atoms with Crippen LogP contribution in [-0.4, -0.2) is 15.2 Å². The van der Waals surface area contributed by atoms with Gasteiger partial charge in [0.2, 0.25) is 0 Å². The van der Waals surface area contributed by atoms with Crippen LogP contribution >= 0.6 is 0 Å². The van der Waals surface area contributed by atoms with Crippen LogP contribution in [0.5, 0.6) is 5.75 Å². The van der Waals surface area contributed by atoms with Crippen LogP contribution in [-0.2, 0) is 0 Å². The number of benzene rings is 2. The summed E-state index contributed by atoms with van der Waals surface area (Å²) in [4.78, 5) is 0. The van der Waals surface area contributed by atoms with Crippen molar-refractivity contribution in [2.24, 2.45) is 0 Å². The van der Waals surface area contributed by atoms with E-state index in [4.69, 9.17) is 4.74 Å². The van der Waals surface area contributed by atoms with Crippen LogP contribution in [0.15, 0.2) is 54.6 Å². The zero-order valence-electron chi connectivity index (χ0n) is 13.7. The molecule has 114 valence electrons. The molecule has 0 bridgehead atoms. The van der Waals surface area contributed by atoms with Gasteiger partial charge in [-0.05, 0) is 29.8 Å². The lowest BCUT2D eigenvalue weighted by Gasteiger charge is -2.16. The summed E-state index contributed by atoms with van der Waals surface area (Å²) in [5, 5.41) is 3.51. The third-order valence-electron chi connectivity index (χ3n) is 3.13. The summed E-state index contributed by atoms with van der Waals surface area (Å²) in [6.07, 6.45) is 0. The molecule has 0 heterocycles. The maximum absolute atomic E-state index is 5.20. The zero-order valence-corrected chi connectivity index (χ0v) is 14.7. The lowest BCUT2D eigenvalue weighted by molar-refractivity contribution is 0.415. The first-order chi connectivity index (χ1) is 10.5. The van der Waals surface area contributed by atoms with Crippen LogP contribution in [0, 0.1) is 11.5 Å². The lowest BCUT2D eigenvalue weighted by atomic mass is 10.1. The molecule has 2 rings (SSSR count). The van der Waals surface area contributed by atoms with Gasteiger partial charge in [-0.1, -0.05) is 55.9 Å². The molecule has 1 unspecified atom stereocenters. The predicted octanol–water partition coefficient (Wildman–Crippen LogP) is 4.73. The second-order valence-corrected chi connectivity index (χ2v) is 11.0. The lowest BCUT2D eigenvalue weighted by Crippen LogP contribution is -2.18. The highest BCUT2D eigenvalue weighted by molar-refractivity contribution is 6.83. The number of rotatable bonds is 4. The van der Waals surface area contributed by atoms with E-state index in [-0.39, 0.29) is 6.04 Å². The van der Waals surface area contributed by atoms with Crippen molar-refractivity contribution < 1.29 is 4.74 Å². The molecule has 0 aromatic heterocycles. The minimum atomic E-state index is -1.41. The van der Waals surface area contributed by atoms with E-state index >= 15 is 0 Å². The van der Waals surface area contributed by atoms with E-state index in [1.807, 2.05) is 42.5 Å². The number of ether oxygens (including phenoxy) is 1. The number of nitrogens with one attached hydrogen (secondary N) is 1. The summed E-state index contributed by atoms with van der Waals surface area (Å²) in [7, 11) is 0.269. The SMILES string of the molecule is COc1ccc(NC(C#C[Si](C)(C)C)c2ccccc2)cc1. The molecule has 0 amide bonds. The normalized spacial score (nSPS) is 12.0. The van der Waals surface area contributed by atoms with E-state index in [0.29, 0.717) is 0 Å². The molecular weight excluding hydrogens is 286 g/mol. The Balaban J connectivity index is 2.25. The molecule has 0 saturated carbocycles. The average Bonchev–Trinajstić information content (AvgIpc) is 2.52. The number of methoxy groups -OCH3 is 1. The first-order valence-corrected chi connectivity index (χ1v) is 11.0. The molecule has 0 aliphatic heterocycles. The monoisotopic (exact) mass is 309 g/mol. The van der Waals surface area contributed by atoms with Crippen molar-refractivity contribution in [3.63, 3.8) is 0 Å². The minimum absolute atomic E-state index is 0.00122. The van der Waals surface area contributed by atoms with Gasteiger partial charge in [-0.3, -0.25) is 0 Å².